The molecule has 0 saturated carbocycles. The lowest BCUT2D eigenvalue weighted by Crippen LogP contribution is -2.32. The van der Waals surface area contributed by atoms with E-state index in [1.165, 1.54) is 19.3 Å². The standard InChI is InChI=1S/C14H27NO2/c1-6-7-8-9-10-11-13(12-15-4)17-14(2,3)16-5/h10-13H,6-9H2,1-5H3/b11-10+,15-12?/t13-/m1/s1. The van der Waals surface area contributed by atoms with Crippen LogP contribution in [0, 0.1) is 0 Å². The second kappa shape index (κ2) is 9.37. The van der Waals surface area contributed by atoms with Crippen LogP contribution in [0.5, 0.6) is 0 Å². The number of rotatable bonds is 9. The largest absolute Gasteiger partial charge is 0.354 e. The van der Waals surface area contributed by atoms with Gasteiger partial charge in [0.1, 0.15) is 6.10 Å². The molecule has 0 aliphatic heterocycles. The van der Waals surface area contributed by atoms with Gasteiger partial charge in [-0.05, 0) is 26.7 Å². The summed E-state index contributed by atoms with van der Waals surface area (Å²) in [5.74, 6) is -0.584. The van der Waals surface area contributed by atoms with Crippen molar-refractivity contribution in [2.45, 2.75) is 58.3 Å². The Morgan fingerprint density at radius 3 is 2.53 bits per heavy atom. The average Bonchev–Trinajstić information content (AvgIpc) is 2.28. The second-order valence-corrected chi connectivity index (χ2v) is 4.52. The van der Waals surface area contributed by atoms with Gasteiger partial charge < -0.3 is 9.47 Å². The van der Waals surface area contributed by atoms with Crippen molar-refractivity contribution in [3.63, 3.8) is 0 Å². The van der Waals surface area contributed by atoms with E-state index >= 15 is 0 Å². The number of nitrogens with zero attached hydrogens (tertiary/aromatic N) is 1. The number of hydrogen-bond donors (Lipinski definition) is 0. The van der Waals surface area contributed by atoms with Crippen molar-refractivity contribution in [3.8, 4) is 0 Å². The monoisotopic (exact) mass is 241 g/mol. The molecule has 17 heavy (non-hydrogen) atoms. The molecule has 0 radical (unpaired) electrons. The quantitative estimate of drug-likeness (QED) is 0.267. The van der Waals surface area contributed by atoms with Gasteiger partial charge in [0.25, 0.3) is 0 Å². The summed E-state index contributed by atoms with van der Waals surface area (Å²) in [4.78, 5) is 4.01. The van der Waals surface area contributed by atoms with Gasteiger partial charge in [0, 0.05) is 20.4 Å². The Balaban J connectivity index is 4.15. The molecule has 0 amide bonds. The van der Waals surface area contributed by atoms with E-state index in [1.807, 2.05) is 19.9 Å². The Hall–Kier alpha value is -0.670. The maximum absolute atomic E-state index is 5.78. The van der Waals surface area contributed by atoms with Gasteiger partial charge in [0.05, 0.1) is 0 Å². The molecule has 3 nitrogen and oxygen atoms in total. The SMILES string of the molecule is CCCCC/C=C/[C@H](C=NC)OC(C)(C)OC. The molecule has 0 heterocycles. The van der Waals surface area contributed by atoms with Gasteiger partial charge in [-0.3, -0.25) is 4.99 Å². The Morgan fingerprint density at radius 1 is 1.29 bits per heavy atom. The molecule has 0 unspecified atom stereocenters. The second-order valence-electron chi connectivity index (χ2n) is 4.52. The normalized spacial score (nSPS) is 14.9. The van der Waals surface area contributed by atoms with Crippen LogP contribution in [-0.2, 0) is 9.47 Å². The van der Waals surface area contributed by atoms with Crippen LogP contribution >= 0.6 is 0 Å². The third-order valence-electron chi connectivity index (χ3n) is 2.51. The minimum absolute atomic E-state index is 0.114. The van der Waals surface area contributed by atoms with Crippen LogP contribution in [0.1, 0.15) is 46.5 Å². The van der Waals surface area contributed by atoms with Crippen LogP contribution < -0.4 is 0 Å². The van der Waals surface area contributed by atoms with Crippen molar-refractivity contribution in [2.75, 3.05) is 14.2 Å². The molecule has 0 aromatic heterocycles. The van der Waals surface area contributed by atoms with Crippen LogP contribution in [0.25, 0.3) is 0 Å². The molecule has 0 saturated heterocycles. The third kappa shape index (κ3) is 9.07. The molecular formula is C14H27NO2. The molecule has 0 fully saturated rings. The first-order valence-corrected chi connectivity index (χ1v) is 6.37. The molecule has 100 valence electrons. The van der Waals surface area contributed by atoms with Gasteiger partial charge in [0.2, 0.25) is 0 Å². The Morgan fingerprint density at radius 2 is 2.00 bits per heavy atom. The molecular weight excluding hydrogens is 214 g/mol. The Labute approximate surface area is 106 Å². The summed E-state index contributed by atoms with van der Waals surface area (Å²) in [6.45, 7) is 6.00. The summed E-state index contributed by atoms with van der Waals surface area (Å²) >= 11 is 0. The van der Waals surface area contributed by atoms with Crippen molar-refractivity contribution in [1.82, 2.24) is 0 Å². The average molecular weight is 241 g/mol. The maximum atomic E-state index is 5.78. The molecule has 3 heteroatoms. The fraction of sp³-hybridized carbons (Fsp3) is 0.786. The van der Waals surface area contributed by atoms with Crippen LogP contribution in [-0.4, -0.2) is 32.3 Å². The van der Waals surface area contributed by atoms with E-state index in [-0.39, 0.29) is 6.10 Å². The van der Waals surface area contributed by atoms with Gasteiger partial charge in [-0.2, -0.15) is 0 Å². The van der Waals surface area contributed by atoms with Crippen molar-refractivity contribution in [3.05, 3.63) is 12.2 Å². The highest BCUT2D eigenvalue weighted by atomic mass is 16.7. The Kier molecular flexibility index (Phi) is 9.00. The molecule has 0 aromatic rings. The van der Waals surface area contributed by atoms with Gasteiger partial charge in [-0.25, -0.2) is 0 Å². The number of methoxy groups -OCH3 is 1. The number of aliphatic imine (C=N–C) groups is 1. The van der Waals surface area contributed by atoms with Crippen LogP contribution in [0.3, 0.4) is 0 Å². The molecule has 0 rings (SSSR count). The summed E-state index contributed by atoms with van der Waals surface area (Å²) in [7, 11) is 3.40. The summed E-state index contributed by atoms with van der Waals surface area (Å²) in [5.41, 5.74) is 0. The highest BCUT2D eigenvalue weighted by Gasteiger charge is 2.20. The van der Waals surface area contributed by atoms with Crippen molar-refractivity contribution < 1.29 is 9.47 Å². The number of ether oxygens (including phenoxy) is 2. The highest BCUT2D eigenvalue weighted by molar-refractivity contribution is 5.65. The molecule has 0 aliphatic rings. The van der Waals surface area contributed by atoms with E-state index < -0.39 is 5.79 Å². The number of hydrogen-bond acceptors (Lipinski definition) is 3. The van der Waals surface area contributed by atoms with Gasteiger partial charge in [0.15, 0.2) is 5.79 Å². The molecule has 0 aliphatic carbocycles. The lowest BCUT2D eigenvalue weighted by molar-refractivity contribution is -0.200. The summed E-state index contributed by atoms with van der Waals surface area (Å²) in [6, 6.07) is 0. The van der Waals surface area contributed by atoms with E-state index in [2.05, 4.69) is 18.0 Å². The smallest absolute Gasteiger partial charge is 0.163 e. The lowest BCUT2D eigenvalue weighted by Gasteiger charge is -2.26. The third-order valence-corrected chi connectivity index (χ3v) is 2.51. The molecule has 1 atom stereocenters. The zero-order valence-corrected chi connectivity index (χ0v) is 11.9. The first kappa shape index (κ1) is 16.3. The topological polar surface area (TPSA) is 30.8 Å². The molecule has 0 aromatic carbocycles. The zero-order chi connectivity index (χ0) is 13.1. The molecule has 0 N–H and O–H groups in total. The van der Waals surface area contributed by atoms with Crippen LogP contribution in [0.15, 0.2) is 17.1 Å². The molecule has 0 bridgehead atoms. The van der Waals surface area contributed by atoms with Crippen molar-refractivity contribution in [1.29, 1.82) is 0 Å². The van der Waals surface area contributed by atoms with Crippen LogP contribution in [0.4, 0.5) is 0 Å². The zero-order valence-electron chi connectivity index (χ0n) is 11.9. The van der Waals surface area contributed by atoms with E-state index in [1.54, 1.807) is 20.4 Å². The van der Waals surface area contributed by atoms with Crippen LogP contribution in [0.2, 0.25) is 0 Å². The maximum Gasteiger partial charge on any atom is 0.163 e. The Bertz CT molecular complexity index is 234. The first-order chi connectivity index (χ1) is 8.05. The summed E-state index contributed by atoms with van der Waals surface area (Å²) < 4.78 is 11.0. The van der Waals surface area contributed by atoms with Gasteiger partial charge in [-0.15, -0.1) is 0 Å². The minimum atomic E-state index is -0.584. The van der Waals surface area contributed by atoms with Gasteiger partial charge in [-0.1, -0.05) is 31.9 Å². The minimum Gasteiger partial charge on any atom is -0.354 e. The first-order valence-electron chi connectivity index (χ1n) is 6.37. The molecule has 0 spiro atoms. The fourth-order valence-electron chi connectivity index (χ4n) is 1.38. The van der Waals surface area contributed by atoms with E-state index in [0.717, 1.165) is 6.42 Å². The lowest BCUT2D eigenvalue weighted by atomic mass is 10.2. The summed E-state index contributed by atoms with van der Waals surface area (Å²) in [5, 5.41) is 0. The fourth-order valence-corrected chi connectivity index (χ4v) is 1.38. The predicted molar refractivity (Wildman–Crippen MR) is 73.7 cm³/mol. The number of unbranched alkanes of at least 4 members (excludes halogenated alkanes) is 3. The van der Waals surface area contributed by atoms with Crippen molar-refractivity contribution >= 4 is 6.21 Å². The van der Waals surface area contributed by atoms with Gasteiger partial charge >= 0.3 is 0 Å². The van der Waals surface area contributed by atoms with Crippen molar-refractivity contribution in [2.24, 2.45) is 4.99 Å². The summed E-state index contributed by atoms with van der Waals surface area (Å²) in [6.07, 6.45) is 10.7. The van der Waals surface area contributed by atoms with E-state index in [0.29, 0.717) is 0 Å². The highest BCUT2D eigenvalue weighted by Crippen LogP contribution is 2.13. The van der Waals surface area contributed by atoms with E-state index in [9.17, 15) is 0 Å². The number of allylic oxidation sites excluding steroid dienone is 1. The van der Waals surface area contributed by atoms with E-state index in [4.69, 9.17) is 9.47 Å². The predicted octanol–water partition coefficient (Wildman–Crippen LogP) is 3.59.